The van der Waals surface area contributed by atoms with Crippen molar-refractivity contribution in [1.29, 1.82) is 0 Å². The number of aliphatic hydroxyl groups is 1. The molecule has 0 aliphatic carbocycles. The van der Waals surface area contributed by atoms with Crippen LogP contribution in [-0.4, -0.2) is 18.2 Å². The summed E-state index contributed by atoms with van der Waals surface area (Å²) in [7, 11) is 0. The maximum Gasteiger partial charge on any atom is 0.123 e. The van der Waals surface area contributed by atoms with E-state index in [4.69, 9.17) is 0 Å². The fourth-order valence-corrected chi connectivity index (χ4v) is 1.90. The van der Waals surface area contributed by atoms with Crippen LogP contribution in [-0.2, 0) is 5.60 Å². The molecule has 1 aliphatic heterocycles. The van der Waals surface area contributed by atoms with Crippen LogP contribution in [0.5, 0.6) is 0 Å². The van der Waals surface area contributed by atoms with Crippen molar-refractivity contribution in [3.05, 3.63) is 35.6 Å². The summed E-state index contributed by atoms with van der Waals surface area (Å²) in [5.74, 6) is -0.263. The summed E-state index contributed by atoms with van der Waals surface area (Å²) >= 11 is 0. The number of hydrogen-bond donors (Lipinski definition) is 2. The minimum Gasteiger partial charge on any atom is -0.384 e. The van der Waals surface area contributed by atoms with Crippen LogP contribution < -0.4 is 5.32 Å². The zero-order valence-electron chi connectivity index (χ0n) is 7.96. The Bertz CT molecular complexity index is 304. The quantitative estimate of drug-likeness (QED) is 0.710. The Hall–Kier alpha value is -0.930. The molecule has 0 bridgehead atoms. The van der Waals surface area contributed by atoms with Crippen LogP contribution in [0.4, 0.5) is 4.39 Å². The molecule has 2 rings (SSSR count). The molecule has 1 saturated heterocycles. The fourth-order valence-electron chi connectivity index (χ4n) is 1.90. The molecule has 0 unspecified atom stereocenters. The number of piperidine rings is 1. The number of rotatable bonds is 1. The van der Waals surface area contributed by atoms with Gasteiger partial charge in [-0.25, -0.2) is 4.39 Å². The largest absolute Gasteiger partial charge is 0.384 e. The third-order valence-electron chi connectivity index (χ3n) is 2.74. The third kappa shape index (κ3) is 1.79. The topological polar surface area (TPSA) is 32.3 Å². The molecule has 1 atom stereocenters. The Morgan fingerprint density at radius 2 is 2.00 bits per heavy atom. The van der Waals surface area contributed by atoms with E-state index >= 15 is 0 Å². The van der Waals surface area contributed by atoms with Crippen LogP contribution >= 0.6 is 0 Å². The van der Waals surface area contributed by atoms with Gasteiger partial charge < -0.3 is 10.4 Å². The first-order chi connectivity index (χ1) is 6.71. The molecule has 2 N–H and O–H groups in total. The van der Waals surface area contributed by atoms with Gasteiger partial charge in [-0.05, 0) is 37.1 Å². The predicted molar refractivity (Wildman–Crippen MR) is 52.4 cm³/mol. The zero-order chi connectivity index (χ0) is 10.0. The van der Waals surface area contributed by atoms with Gasteiger partial charge in [-0.15, -0.1) is 0 Å². The van der Waals surface area contributed by atoms with Crippen LogP contribution in [0.3, 0.4) is 0 Å². The lowest BCUT2D eigenvalue weighted by Gasteiger charge is -2.33. The highest BCUT2D eigenvalue weighted by Crippen LogP contribution is 2.27. The van der Waals surface area contributed by atoms with E-state index in [1.165, 1.54) is 12.1 Å². The summed E-state index contributed by atoms with van der Waals surface area (Å²) in [6.45, 7) is 1.50. The monoisotopic (exact) mass is 195 g/mol. The van der Waals surface area contributed by atoms with Gasteiger partial charge in [0.1, 0.15) is 11.4 Å². The molecular formula is C11H14FNO. The van der Waals surface area contributed by atoms with E-state index in [-0.39, 0.29) is 5.82 Å². The standard InChI is InChI=1S/C11H14FNO/c12-10-4-2-9(3-5-10)11(14)6-1-7-13-8-11/h2-5,13-14H,1,6-8H2/t11-/m0/s1. The molecule has 0 radical (unpaired) electrons. The van der Waals surface area contributed by atoms with Crippen molar-refractivity contribution in [3.63, 3.8) is 0 Å². The Labute approximate surface area is 82.8 Å². The van der Waals surface area contributed by atoms with Gasteiger partial charge in [-0.1, -0.05) is 12.1 Å². The van der Waals surface area contributed by atoms with Crippen LogP contribution in [0.25, 0.3) is 0 Å². The van der Waals surface area contributed by atoms with Crippen molar-refractivity contribution in [2.75, 3.05) is 13.1 Å². The van der Waals surface area contributed by atoms with Crippen molar-refractivity contribution in [1.82, 2.24) is 5.32 Å². The van der Waals surface area contributed by atoms with Gasteiger partial charge in [0.05, 0.1) is 0 Å². The molecule has 0 aromatic heterocycles. The van der Waals surface area contributed by atoms with Gasteiger partial charge in [0, 0.05) is 6.54 Å². The van der Waals surface area contributed by atoms with E-state index in [0.717, 1.165) is 24.9 Å². The Morgan fingerprint density at radius 1 is 1.29 bits per heavy atom. The molecule has 1 heterocycles. The minimum atomic E-state index is -0.814. The van der Waals surface area contributed by atoms with E-state index in [2.05, 4.69) is 5.32 Å². The summed E-state index contributed by atoms with van der Waals surface area (Å²) < 4.78 is 12.7. The number of benzene rings is 1. The summed E-state index contributed by atoms with van der Waals surface area (Å²) in [5, 5.41) is 13.4. The SMILES string of the molecule is O[C@@]1(c2ccc(F)cc2)CCCNC1. The van der Waals surface area contributed by atoms with Gasteiger partial charge in [0.25, 0.3) is 0 Å². The molecule has 1 aromatic rings. The van der Waals surface area contributed by atoms with Crippen molar-refractivity contribution in [2.24, 2.45) is 0 Å². The van der Waals surface area contributed by atoms with Crippen molar-refractivity contribution < 1.29 is 9.50 Å². The van der Waals surface area contributed by atoms with Crippen LogP contribution in [0, 0.1) is 5.82 Å². The van der Waals surface area contributed by atoms with Gasteiger partial charge in [0.15, 0.2) is 0 Å². The first-order valence-corrected chi connectivity index (χ1v) is 4.90. The number of hydrogen-bond acceptors (Lipinski definition) is 2. The molecule has 14 heavy (non-hydrogen) atoms. The molecule has 1 fully saturated rings. The molecule has 0 spiro atoms. The first kappa shape index (κ1) is 9.62. The van der Waals surface area contributed by atoms with Crippen molar-refractivity contribution in [2.45, 2.75) is 18.4 Å². The highest BCUT2D eigenvalue weighted by molar-refractivity contribution is 5.24. The van der Waals surface area contributed by atoms with Gasteiger partial charge >= 0.3 is 0 Å². The first-order valence-electron chi connectivity index (χ1n) is 4.90. The van der Waals surface area contributed by atoms with Crippen molar-refractivity contribution in [3.8, 4) is 0 Å². The van der Waals surface area contributed by atoms with E-state index in [1.807, 2.05) is 0 Å². The zero-order valence-corrected chi connectivity index (χ0v) is 7.96. The Balaban J connectivity index is 2.23. The average Bonchev–Trinajstić information content (AvgIpc) is 2.19. The lowest BCUT2D eigenvalue weighted by molar-refractivity contribution is 0.0122. The van der Waals surface area contributed by atoms with E-state index in [1.54, 1.807) is 12.1 Å². The summed E-state index contributed by atoms with van der Waals surface area (Å²) in [5.41, 5.74) is -0.0162. The van der Waals surface area contributed by atoms with Gasteiger partial charge in [-0.3, -0.25) is 0 Å². The lowest BCUT2D eigenvalue weighted by atomic mass is 9.87. The Morgan fingerprint density at radius 3 is 2.57 bits per heavy atom. The highest BCUT2D eigenvalue weighted by atomic mass is 19.1. The second-order valence-electron chi connectivity index (χ2n) is 3.82. The molecule has 3 heteroatoms. The maximum absolute atomic E-state index is 12.7. The molecule has 2 nitrogen and oxygen atoms in total. The van der Waals surface area contributed by atoms with E-state index in [0.29, 0.717) is 6.54 Å². The summed E-state index contributed by atoms with van der Waals surface area (Å²) in [6.07, 6.45) is 1.69. The van der Waals surface area contributed by atoms with Crippen LogP contribution in [0.2, 0.25) is 0 Å². The second kappa shape index (κ2) is 3.67. The summed E-state index contributed by atoms with van der Waals surface area (Å²) in [6, 6.07) is 6.09. The molecule has 0 amide bonds. The highest BCUT2D eigenvalue weighted by Gasteiger charge is 2.30. The maximum atomic E-state index is 12.7. The molecular weight excluding hydrogens is 181 g/mol. The molecule has 0 saturated carbocycles. The Kier molecular flexibility index (Phi) is 2.52. The van der Waals surface area contributed by atoms with Crippen LogP contribution in [0.1, 0.15) is 18.4 Å². The third-order valence-corrected chi connectivity index (χ3v) is 2.74. The molecule has 1 aromatic carbocycles. The number of nitrogens with one attached hydrogen (secondary N) is 1. The number of β-amino-alcohol motifs (C(OH)–C–C–N with tert-alkyl or cyclic N) is 1. The summed E-state index contributed by atoms with van der Waals surface area (Å²) in [4.78, 5) is 0. The lowest BCUT2D eigenvalue weighted by Crippen LogP contribution is -2.43. The van der Waals surface area contributed by atoms with Crippen molar-refractivity contribution >= 4 is 0 Å². The second-order valence-corrected chi connectivity index (χ2v) is 3.82. The van der Waals surface area contributed by atoms with E-state index < -0.39 is 5.60 Å². The van der Waals surface area contributed by atoms with E-state index in [9.17, 15) is 9.50 Å². The fraction of sp³-hybridized carbons (Fsp3) is 0.455. The normalized spacial score (nSPS) is 27.6. The molecule has 76 valence electrons. The minimum absolute atomic E-state index is 0.263. The molecule has 1 aliphatic rings. The smallest absolute Gasteiger partial charge is 0.123 e. The average molecular weight is 195 g/mol. The van der Waals surface area contributed by atoms with Gasteiger partial charge in [-0.2, -0.15) is 0 Å². The predicted octanol–water partition coefficient (Wildman–Crippen LogP) is 1.40. The number of halogens is 1. The van der Waals surface area contributed by atoms with Crippen LogP contribution in [0.15, 0.2) is 24.3 Å². The van der Waals surface area contributed by atoms with Gasteiger partial charge in [0.2, 0.25) is 0 Å².